The Labute approximate surface area is 124 Å². The van der Waals surface area contributed by atoms with Gasteiger partial charge < -0.3 is 9.84 Å². The topological polar surface area (TPSA) is 46.5 Å². The average Bonchev–Trinajstić information content (AvgIpc) is 2.86. The van der Waals surface area contributed by atoms with Crippen molar-refractivity contribution in [2.45, 2.75) is 42.5 Å². The van der Waals surface area contributed by atoms with E-state index < -0.39 is 23.3 Å². The number of hydrogen-bond donors (Lipinski definition) is 1. The normalized spacial score (nSPS) is 17.7. The van der Waals surface area contributed by atoms with Crippen LogP contribution in [0.1, 0.15) is 36.5 Å². The first-order valence-electron chi connectivity index (χ1n) is 6.59. The lowest BCUT2D eigenvalue weighted by Gasteiger charge is -2.18. The lowest BCUT2D eigenvalue weighted by Crippen LogP contribution is -2.17. The van der Waals surface area contributed by atoms with Crippen LogP contribution in [-0.2, 0) is 4.79 Å². The van der Waals surface area contributed by atoms with E-state index in [2.05, 4.69) is 4.74 Å². The van der Waals surface area contributed by atoms with Crippen LogP contribution in [0.2, 0.25) is 0 Å². The standard InChI is InChI=1S/C14H15F3O3S/c15-14(16,17)20-10-5-3-4-9(8-10)12(13(18)19)21-11-6-1-2-7-11/h3-5,8,11-12H,1-2,6-7H2,(H,18,19)/t12-/m1/s1. The molecule has 2 rings (SSSR count). The van der Waals surface area contributed by atoms with Crippen molar-refractivity contribution in [2.24, 2.45) is 0 Å². The Balaban J connectivity index is 2.15. The number of carboxylic acids is 1. The molecule has 1 aromatic carbocycles. The highest BCUT2D eigenvalue weighted by atomic mass is 32.2. The third-order valence-electron chi connectivity index (χ3n) is 3.25. The predicted octanol–water partition coefficient (Wildman–Crippen LogP) is 4.39. The number of rotatable bonds is 5. The minimum atomic E-state index is -4.78. The van der Waals surface area contributed by atoms with Crippen molar-refractivity contribution in [1.29, 1.82) is 0 Å². The van der Waals surface area contributed by atoms with Crippen LogP contribution in [0.3, 0.4) is 0 Å². The summed E-state index contributed by atoms with van der Waals surface area (Å²) in [7, 11) is 0. The van der Waals surface area contributed by atoms with E-state index in [-0.39, 0.29) is 5.25 Å². The molecule has 1 N–H and O–H groups in total. The Morgan fingerprint density at radius 2 is 2.00 bits per heavy atom. The zero-order valence-corrected chi connectivity index (χ0v) is 11.9. The van der Waals surface area contributed by atoms with Crippen LogP contribution in [0.25, 0.3) is 0 Å². The summed E-state index contributed by atoms with van der Waals surface area (Å²) in [5, 5.41) is 8.70. The maximum absolute atomic E-state index is 12.2. The van der Waals surface area contributed by atoms with E-state index in [1.807, 2.05) is 0 Å². The van der Waals surface area contributed by atoms with E-state index in [1.54, 1.807) is 0 Å². The van der Waals surface area contributed by atoms with Crippen molar-refractivity contribution < 1.29 is 27.8 Å². The number of alkyl halides is 3. The molecule has 116 valence electrons. The molecule has 0 aromatic heterocycles. The van der Waals surface area contributed by atoms with Crippen molar-refractivity contribution in [3.05, 3.63) is 29.8 Å². The smallest absolute Gasteiger partial charge is 0.480 e. The van der Waals surface area contributed by atoms with Crippen LogP contribution in [0, 0.1) is 0 Å². The Bertz CT molecular complexity index is 498. The van der Waals surface area contributed by atoms with Crippen molar-refractivity contribution in [3.63, 3.8) is 0 Å². The molecule has 7 heteroatoms. The first-order valence-corrected chi connectivity index (χ1v) is 7.53. The van der Waals surface area contributed by atoms with Crippen LogP contribution < -0.4 is 4.74 Å². The Morgan fingerprint density at radius 1 is 1.33 bits per heavy atom. The van der Waals surface area contributed by atoms with Gasteiger partial charge in [0, 0.05) is 5.25 Å². The monoisotopic (exact) mass is 320 g/mol. The summed E-state index contributed by atoms with van der Waals surface area (Å²) in [6.45, 7) is 0. The SMILES string of the molecule is O=C(O)[C@H](SC1CCCC1)c1cccc(OC(F)(F)F)c1. The number of hydrogen-bond acceptors (Lipinski definition) is 3. The van der Waals surface area contributed by atoms with Gasteiger partial charge in [0.25, 0.3) is 0 Å². The molecule has 0 amide bonds. The number of aliphatic carboxylic acids is 1. The molecular formula is C14H15F3O3S. The van der Waals surface area contributed by atoms with Crippen LogP contribution in [0.5, 0.6) is 5.75 Å². The Morgan fingerprint density at radius 3 is 2.57 bits per heavy atom. The van der Waals surface area contributed by atoms with Gasteiger partial charge in [-0.1, -0.05) is 25.0 Å². The zero-order chi connectivity index (χ0) is 15.5. The molecular weight excluding hydrogens is 305 g/mol. The van der Waals surface area contributed by atoms with E-state index in [9.17, 15) is 23.1 Å². The number of benzene rings is 1. The van der Waals surface area contributed by atoms with E-state index in [1.165, 1.54) is 23.9 Å². The third kappa shape index (κ3) is 4.84. The van der Waals surface area contributed by atoms with Gasteiger partial charge in [0.15, 0.2) is 0 Å². The lowest BCUT2D eigenvalue weighted by molar-refractivity contribution is -0.274. The first kappa shape index (κ1) is 16.0. The summed E-state index contributed by atoms with van der Waals surface area (Å²) < 4.78 is 40.5. The van der Waals surface area contributed by atoms with Gasteiger partial charge in [-0.05, 0) is 30.5 Å². The largest absolute Gasteiger partial charge is 0.573 e. The summed E-state index contributed by atoms with van der Waals surface area (Å²) in [5.74, 6) is -1.44. The molecule has 1 aliphatic carbocycles. The Hall–Kier alpha value is -1.37. The number of thioether (sulfide) groups is 1. The van der Waals surface area contributed by atoms with Crippen molar-refractivity contribution in [2.75, 3.05) is 0 Å². The van der Waals surface area contributed by atoms with Gasteiger partial charge >= 0.3 is 12.3 Å². The molecule has 1 saturated carbocycles. The fourth-order valence-electron chi connectivity index (χ4n) is 2.37. The first-order chi connectivity index (χ1) is 9.85. The molecule has 0 spiro atoms. The molecule has 1 aliphatic rings. The lowest BCUT2D eigenvalue weighted by atomic mass is 10.1. The van der Waals surface area contributed by atoms with Gasteiger partial charge in [0.2, 0.25) is 0 Å². The Kier molecular flexibility index (Phi) is 5.03. The number of carbonyl (C=O) groups is 1. The highest BCUT2D eigenvalue weighted by Gasteiger charge is 2.32. The molecule has 1 fully saturated rings. The van der Waals surface area contributed by atoms with Crippen LogP contribution in [0.4, 0.5) is 13.2 Å². The second-order valence-corrected chi connectivity index (χ2v) is 6.29. The summed E-state index contributed by atoms with van der Waals surface area (Å²) in [5.41, 5.74) is 0.321. The van der Waals surface area contributed by atoms with Gasteiger partial charge in [0.1, 0.15) is 11.0 Å². The van der Waals surface area contributed by atoms with Crippen molar-refractivity contribution in [1.82, 2.24) is 0 Å². The number of halogens is 3. The molecule has 1 atom stereocenters. The molecule has 0 bridgehead atoms. The summed E-state index contributed by atoms with van der Waals surface area (Å²) in [4.78, 5) is 11.4. The quantitative estimate of drug-likeness (QED) is 0.874. The van der Waals surface area contributed by atoms with E-state index in [4.69, 9.17) is 0 Å². The van der Waals surface area contributed by atoms with E-state index in [0.717, 1.165) is 37.8 Å². The summed E-state index contributed by atoms with van der Waals surface area (Å²) in [6.07, 6.45) is -0.737. The molecule has 0 saturated heterocycles. The van der Waals surface area contributed by atoms with Gasteiger partial charge in [-0.15, -0.1) is 24.9 Å². The van der Waals surface area contributed by atoms with Gasteiger partial charge in [-0.3, -0.25) is 4.79 Å². The minimum absolute atomic E-state index is 0.248. The molecule has 0 heterocycles. The van der Waals surface area contributed by atoms with Gasteiger partial charge in [-0.2, -0.15) is 0 Å². The molecule has 0 aliphatic heterocycles. The van der Waals surface area contributed by atoms with Crippen molar-refractivity contribution in [3.8, 4) is 5.75 Å². The fraction of sp³-hybridized carbons (Fsp3) is 0.500. The predicted molar refractivity (Wildman–Crippen MR) is 73.3 cm³/mol. The van der Waals surface area contributed by atoms with E-state index in [0.29, 0.717) is 5.56 Å². The average molecular weight is 320 g/mol. The third-order valence-corrected chi connectivity index (χ3v) is 4.85. The number of carboxylic acid groups (broad SMARTS) is 1. The highest BCUT2D eigenvalue weighted by molar-refractivity contribution is 8.00. The molecule has 1 aromatic rings. The highest BCUT2D eigenvalue weighted by Crippen LogP contribution is 2.40. The second-order valence-electron chi connectivity index (χ2n) is 4.88. The molecule has 0 unspecified atom stereocenters. The van der Waals surface area contributed by atoms with Crippen LogP contribution in [0.15, 0.2) is 24.3 Å². The molecule has 0 radical (unpaired) electrons. The molecule has 21 heavy (non-hydrogen) atoms. The maximum atomic E-state index is 12.2. The second kappa shape index (κ2) is 6.60. The summed E-state index contributed by atoms with van der Waals surface area (Å²) in [6, 6.07) is 5.20. The van der Waals surface area contributed by atoms with E-state index >= 15 is 0 Å². The van der Waals surface area contributed by atoms with Gasteiger partial charge in [-0.25, -0.2) is 0 Å². The molecule has 3 nitrogen and oxygen atoms in total. The maximum Gasteiger partial charge on any atom is 0.573 e. The minimum Gasteiger partial charge on any atom is -0.480 e. The summed E-state index contributed by atoms with van der Waals surface area (Å²) >= 11 is 1.30. The zero-order valence-electron chi connectivity index (χ0n) is 11.1. The fourth-order valence-corrected chi connectivity index (χ4v) is 3.78. The van der Waals surface area contributed by atoms with Crippen LogP contribution in [-0.4, -0.2) is 22.7 Å². The van der Waals surface area contributed by atoms with Gasteiger partial charge in [0.05, 0.1) is 0 Å². The van der Waals surface area contributed by atoms with Crippen molar-refractivity contribution >= 4 is 17.7 Å². The number of ether oxygens (including phenoxy) is 1. The van der Waals surface area contributed by atoms with Crippen LogP contribution >= 0.6 is 11.8 Å².